The largest absolute Gasteiger partial charge is 0.497 e. The molecular weight excluding hydrogens is 302 g/mol. The molecule has 126 valence electrons. The zero-order chi connectivity index (χ0) is 17.4. The standard InChI is InChI=1S/C20H23NO3/c1-15(17-6-10-19(24-3)11-7-17)14-20(22)21-13-12-16-4-8-18(23-2)9-5-16/h4-11,14H,12-13H2,1-3H3,(H,21,22)/b15-14+. The highest BCUT2D eigenvalue weighted by atomic mass is 16.5. The van der Waals surface area contributed by atoms with Crippen LogP contribution < -0.4 is 14.8 Å². The van der Waals surface area contributed by atoms with Crippen LogP contribution in [0.15, 0.2) is 54.6 Å². The van der Waals surface area contributed by atoms with Gasteiger partial charge in [-0.15, -0.1) is 0 Å². The van der Waals surface area contributed by atoms with Crippen molar-refractivity contribution < 1.29 is 14.3 Å². The number of rotatable bonds is 7. The van der Waals surface area contributed by atoms with Gasteiger partial charge < -0.3 is 14.8 Å². The van der Waals surface area contributed by atoms with E-state index in [4.69, 9.17) is 9.47 Å². The first-order valence-corrected chi connectivity index (χ1v) is 7.86. The van der Waals surface area contributed by atoms with Gasteiger partial charge in [-0.1, -0.05) is 24.3 Å². The van der Waals surface area contributed by atoms with E-state index in [0.717, 1.165) is 34.6 Å². The van der Waals surface area contributed by atoms with Crippen molar-refractivity contribution >= 4 is 11.5 Å². The number of methoxy groups -OCH3 is 2. The molecule has 24 heavy (non-hydrogen) atoms. The van der Waals surface area contributed by atoms with Crippen LogP contribution in [0.25, 0.3) is 5.57 Å². The smallest absolute Gasteiger partial charge is 0.244 e. The molecule has 0 atom stereocenters. The summed E-state index contributed by atoms with van der Waals surface area (Å²) in [7, 11) is 3.28. The summed E-state index contributed by atoms with van der Waals surface area (Å²) in [6, 6.07) is 15.5. The molecule has 0 unspecified atom stereocenters. The molecule has 0 aromatic heterocycles. The number of hydrogen-bond donors (Lipinski definition) is 1. The molecule has 4 nitrogen and oxygen atoms in total. The molecule has 4 heteroatoms. The Morgan fingerprint density at radius 2 is 1.50 bits per heavy atom. The van der Waals surface area contributed by atoms with Crippen molar-refractivity contribution in [1.82, 2.24) is 5.32 Å². The van der Waals surface area contributed by atoms with Crippen molar-refractivity contribution in [3.63, 3.8) is 0 Å². The summed E-state index contributed by atoms with van der Waals surface area (Å²) in [5.74, 6) is 1.55. The lowest BCUT2D eigenvalue weighted by Gasteiger charge is -2.06. The van der Waals surface area contributed by atoms with Crippen LogP contribution in [-0.4, -0.2) is 26.7 Å². The average Bonchev–Trinajstić information content (AvgIpc) is 2.62. The van der Waals surface area contributed by atoms with Crippen molar-refractivity contribution in [3.8, 4) is 11.5 Å². The molecule has 0 aliphatic heterocycles. The second-order valence-corrected chi connectivity index (χ2v) is 5.44. The van der Waals surface area contributed by atoms with Gasteiger partial charge in [-0.2, -0.15) is 0 Å². The fourth-order valence-electron chi connectivity index (χ4n) is 2.31. The van der Waals surface area contributed by atoms with Crippen molar-refractivity contribution in [2.75, 3.05) is 20.8 Å². The van der Waals surface area contributed by atoms with Gasteiger partial charge in [0.15, 0.2) is 0 Å². The molecule has 0 aliphatic carbocycles. The van der Waals surface area contributed by atoms with Crippen LogP contribution >= 0.6 is 0 Å². The van der Waals surface area contributed by atoms with Crippen LogP contribution in [0.5, 0.6) is 11.5 Å². The maximum absolute atomic E-state index is 12.0. The minimum Gasteiger partial charge on any atom is -0.497 e. The minimum absolute atomic E-state index is 0.0863. The van der Waals surface area contributed by atoms with Gasteiger partial charge in [-0.25, -0.2) is 0 Å². The minimum atomic E-state index is -0.0863. The van der Waals surface area contributed by atoms with E-state index in [2.05, 4.69) is 5.32 Å². The molecule has 2 rings (SSSR count). The Bertz CT molecular complexity index is 688. The number of allylic oxidation sites excluding steroid dienone is 1. The van der Waals surface area contributed by atoms with E-state index in [-0.39, 0.29) is 5.91 Å². The van der Waals surface area contributed by atoms with E-state index in [0.29, 0.717) is 6.54 Å². The number of carbonyl (C=O) groups is 1. The molecule has 0 fully saturated rings. The number of carbonyl (C=O) groups excluding carboxylic acids is 1. The van der Waals surface area contributed by atoms with Gasteiger partial charge in [-0.05, 0) is 54.3 Å². The quantitative estimate of drug-likeness (QED) is 0.793. The first-order chi connectivity index (χ1) is 11.6. The van der Waals surface area contributed by atoms with Crippen LogP contribution in [0.1, 0.15) is 18.1 Å². The van der Waals surface area contributed by atoms with Crippen molar-refractivity contribution in [1.29, 1.82) is 0 Å². The van der Waals surface area contributed by atoms with Gasteiger partial charge >= 0.3 is 0 Å². The lowest BCUT2D eigenvalue weighted by atomic mass is 10.1. The third-order valence-electron chi connectivity index (χ3n) is 3.76. The van der Waals surface area contributed by atoms with Crippen LogP contribution in [-0.2, 0) is 11.2 Å². The summed E-state index contributed by atoms with van der Waals surface area (Å²) >= 11 is 0. The number of benzene rings is 2. The number of nitrogens with one attached hydrogen (secondary N) is 1. The molecule has 0 aliphatic rings. The Morgan fingerprint density at radius 1 is 0.958 bits per heavy atom. The normalized spacial score (nSPS) is 11.0. The van der Waals surface area contributed by atoms with Crippen LogP contribution in [0.4, 0.5) is 0 Å². The topological polar surface area (TPSA) is 47.6 Å². The summed E-state index contributed by atoms with van der Waals surface area (Å²) in [5, 5.41) is 2.91. The first-order valence-electron chi connectivity index (χ1n) is 7.86. The molecule has 0 spiro atoms. The number of hydrogen-bond acceptors (Lipinski definition) is 3. The van der Waals surface area contributed by atoms with Gasteiger partial charge in [0.2, 0.25) is 5.91 Å². The van der Waals surface area contributed by atoms with Gasteiger partial charge in [0.1, 0.15) is 11.5 Å². The molecule has 2 aromatic rings. The predicted molar refractivity (Wildman–Crippen MR) is 96.4 cm³/mol. The Kier molecular flexibility index (Phi) is 6.43. The second-order valence-electron chi connectivity index (χ2n) is 5.44. The van der Waals surface area contributed by atoms with Gasteiger partial charge in [0.25, 0.3) is 0 Å². The van der Waals surface area contributed by atoms with Crippen molar-refractivity contribution in [2.45, 2.75) is 13.3 Å². The Hall–Kier alpha value is -2.75. The highest BCUT2D eigenvalue weighted by Gasteiger charge is 2.02. The first kappa shape index (κ1) is 17.6. The number of amides is 1. The fourth-order valence-corrected chi connectivity index (χ4v) is 2.31. The SMILES string of the molecule is COc1ccc(CCNC(=O)/C=C(\C)c2ccc(OC)cc2)cc1. The van der Waals surface area contributed by atoms with Gasteiger partial charge in [0.05, 0.1) is 14.2 Å². The van der Waals surface area contributed by atoms with E-state index in [1.807, 2.05) is 55.5 Å². The van der Waals surface area contributed by atoms with Crippen LogP contribution in [0, 0.1) is 0 Å². The van der Waals surface area contributed by atoms with E-state index in [9.17, 15) is 4.79 Å². The lowest BCUT2D eigenvalue weighted by Crippen LogP contribution is -2.23. The molecule has 0 bridgehead atoms. The summed E-state index contributed by atoms with van der Waals surface area (Å²) in [4.78, 5) is 12.0. The molecule has 0 saturated heterocycles. The van der Waals surface area contributed by atoms with E-state index in [1.54, 1.807) is 20.3 Å². The van der Waals surface area contributed by atoms with Crippen LogP contribution in [0.2, 0.25) is 0 Å². The monoisotopic (exact) mass is 325 g/mol. The maximum Gasteiger partial charge on any atom is 0.244 e. The highest BCUT2D eigenvalue weighted by Crippen LogP contribution is 2.18. The van der Waals surface area contributed by atoms with Crippen molar-refractivity contribution in [3.05, 3.63) is 65.7 Å². The van der Waals surface area contributed by atoms with E-state index < -0.39 is 0 Å². The second kappa shape index (κ2) is 8.77. The summed E-state index contributed by atoms with van der Waals surface area (Å²) in [6.07, 6.45) is 2.40. The Labute approximate surface area is 143 Å². The molecular formula is C20H23NO3. The Morgan fingerprint density at radius 3 is 2.04 bits per heavy atom. The number of ether oxygens (including phenoxy) is 2. The lowest BCUT2D eigenvalue weighted by molar-refractivity contribution is -0.116. The van der Waals surface area contributed by atoms with Gasteiger partial charge in [0, 0.05) is 12.6 Å². The van der Waals surface area contributed by atoms with Crippen molar-refractivity contribution in [2.24, 2.45) is 0 Å². The third-order valence-corrected chi connectivity index (χ3v) is 3.76. The molecule has 0 saturated carbocycles. The molecule has 1 amide bonds. The molecule has 0 heterocycles. The van der Waals surface area contributed by atoms with E-state index >= 15 is 0 Å². The summed E-state index contributed by atoms with van der Waals surface area (Å²) < 4.78 is 10.3. The predicted octanol–water partition coefficient (Wildman–Crippen LogP) is 3.47. The molecule has 2 aromatic carbocycles. The van der Waals surface area contributed by atoms with E-state index in [1.165, 1.54) is 0 Å². The van der Waals surface area contributed by atoms with Crippen LogP contribution in [0.3, 0.4) is 0 Å². The third kappa shape index (κ3) is 5.16. The fraction of sp³-hybridized carbons (Fsp3) is 0.250. The summed E-state index contributed by atoms with van der Waals surface area (Å²) in [5.41, 5.74) is 3.08. The maximum atomic E-state index is 12.0. The molecule has 1 N–H and O–H groups in total. The van der Waals surface area contributed by atoms with Gasteiger partial charge in [-0.3, -0.25) is 4.79 Å². The summed E-state index contributed by atoms with van der Waals surface area (Å²) in [6.45, 7) is 2.52. The molecule has 0 radical (unpaired) electrons. The Balaban J connectivity index is 1.84. The zero-order valence-electron chi connectivity index (χ0n) is 14.3. The highest BCUT2D eigenvalue weighted by molar-refractivity contribution is 5.94. The average molecular weight is 325 g/mol. The zero-order valence-corrected chi connectivity index (χ0v) is 14.3.